The first-order chi connectivity index (χ1) is 9.08. The van der Waals surface area contributed by atoms with E-state index in [0.29, 0.717) is 13.2 Å². The van der Waals surface area contributed by atoms with Gasteiger partial charge in [0.1, 0.15) is 11.5 Å². The van der Waals surface area contributed by atoms with Crippen molar-refractivity contribution in [1.82, 2.24) is 15.1 Å². The molecule has 1 aromatic heterocycles. The van der Waals surface area contributed by atoms with E-state index in [0.717, 1.165) is 0 Å². The monoisotopic (exact) mass is 270 g/mol. The Kier molecular flexibility index (Phi) is 5.80. The zero-order valence-corrected chi connectivity index (χ0v) is 11.0. The first kappa shape index (κ1) is 15.0. The molecule has 106 valence electrons. The molecule has 19 heavy (non-hydrogen) atoms. The molecule has 0 aliphatic carbocycles. The first-order valence-electron chi connectivity index (χ1n) is 5.74. The Morgan fingerprint density at radius 2 is 2.16 bits per heavy atom. The molecule has 0 fully saturated rings. The standard InChI is InChI=1S/C11H18N4O4/c1-18-6-5-15(4-3-10(16)19-2)11(17)8-7-9(12)14-13-8/h7H,3-6H2,1-2H3,(H3,12,13,14). The average molecular weight is 270 g/mol. The van der Waals surface area contributed by atoms with Crippen LogP contribution < -0.4 is 5.73 Å². The van der Waals surface area contributed by atoms with Crippen LogP contribution in [0.25, 0.3) is 0 Å². The maximum absolute atomic E-state index is 12.2. The number of nitrogens with two attached hydrogens (primary N) is 1. The second kappa shape index (κ2) is 7.37. The molecule has 0 aliphatic rings. The van der Waals surface area contributed by atoms with Gasteiger partial charge in [-0.1, -0.05) is 0 Å². The molecule has 0 atom stereocenters. The summed E-state index contributed by atoms with van der Waals surface area (Å²) in [6.07, 6.45) is 0.121. The van der Waals surface area contributed by atoms with E-state index in [1.165, 1.54) is 25.2 Å². The Morgan fingerprint density at radius 1 is 1.42 bits per heavy atom. The predicted molar refractivity (Wildman–Crippen MR) is 67.4 cm³/mol. The molecule has 0 bridgehead atoms. The van der Waals surface area contributed by atoms with E-state index in [4.69, 9.17) is 10.5 Å². The van der Waals surface area contributed by atoms with Crippen molar-refractivity contribution in [2.24, 2.45) is 0 Å². The van der Waals surface area contributed by atoms with Crippen LogP contribution in [0.1, 0.15) is 16.9 Å². The van der Waals surface area contributed by atoms with Crippen molar-refractivity contribution in [3.05, 3.63) is 11.8 Å². The SMILES string of the molecule is COCCN(CCC(=O)OC)C(=O)c1cc(N)n[nH]1. The van der Waals surface area contributed by atoms with Gasteiger partial charge in [-0.3, -0.25) is 14.7 Å². The highest BCUT2D eigenvalue weighted by molar-refractivity contribution is 5.93. The number of methoxy groups -OCH3 is 2. The lowest BCUT2D eigenvalue weighted by Crippen LogP contribution is -2.36. The number of amides is 1. The average Bonchev–Trinajstić information content (AvgIpc) is 2.84. The summed E-state index contributed by atoms with van der Waals surface area (Å²) >= 11 is 0. The fourth-order valence-electron chi connectivity index (χ4n) is 1.46. The van der Waals surface area contributed by atoms with Crippen LogP contribution in [0.2, 0.25) is 0 Å². The molecule has 0 saturated heterocycles. The number of rotatable bonds is 7. The number of ether oxygens (including phenoxy) is 2. The van der Waals surface area contributed by atoms with Crippen LogP contribution in [0.4, 0.5) is 5.82 Å². The molecule has 8 heteroatoms. The van der Waals surface area contributed by atoms with Gasteiger partial charge in [-0.25, -0.2) is 0 Å². The van der Waals surface area contributed by atoms with Gasteiger partial charge in [-0.05, 0) is 0 Å². The molecule has 0 aromatic carbocycles. The third-order valence-electron chi connectivity index (χ3n) is 2.49. The lowest BCUT2D eigenvalue weighted by Gasteiger charge is -2.20. The molecule has 1 rings (SSSR count). The summed E-state index contributed by atoms with van der Waals surface area (Å²) in [6.45, 7) is 0.982. The summed E-state index contributed by atoms with van der Waals surface area (Å²) in [7, 11) is 2.84. The summed E-state index contributed by atoms with van der Waals surface area (Å²) in [5.74, 6) is -0.424. The normalized spacial score (nSPS) is 10.2. The highest BCUT2D eigenvalue weighted by Gasteiger charge is 2.18. The second-order valence-corrected chi connectivity index (χ2v) is 3.82. The van der Waals surface area contributed by atoms with Gasteiger partial charge < -0.3 is 20.1 Å². The molecule has 0 radical (unpaired) electrons. The zero-order valence-electron chi connectivity index (χ0n) is 11.0. The highest BCUT2D eigenvalue weighted by atomic mass is 16.5. The number of aromatic nitrogens is 2. The van der Waals surface area contributed by atoms with Crippen molar-refractivity contribution in [3.8, 4) is 0 Å². The minimum Gasteiger partial charge on any atom is -0.469 e. The van der Waals surface area contributed by atoms with Crippen molar-refractivity contribution >= 4 is 17.7 Å². The molecule has 3 N–H and O–H groups in total. The number of hydrogen-bond donors (Lipinski definition) is 2. The summed E-state index contributed by atoms with van der Waals surface area (Å²) in [6, 6.07) is 1.44. The largest absolute Gasteiger partial charge is 0.469 e. The number of carbonyl (C=O) groups excluding carboxylic acids is 2. The van der Waals surface area contributed by atoms with Gasteiger partial charge in [0, 0.05) is 26.3 Å². The van der Waals surface area contributed by atoms with E-state index in [1.807, 2.05) is 0 Å². The van der Waals surface area contributed by atoms with E-state index in [9.17, 15) is 9.59 Å². The third kappa shape index (κ3) is 4.59. The number of H-pyrrole nitrogens is 1. The fraction of sp³-hybridized carbons (Fsp3) is 0.545. The van der Waals surface area contributed by atoms with Gasteiger partial charge in [0.25, 0.3) is 5.91 Å². The van der Waals surface area contributed by atoms with Gasteiger partial charge in [0.2, 0.25) is 0 Å². The quantitative estimate of drug-likeness (QED) is 0.655. The fourth-order valence-corrected chi connectivity index (χ4v) is 1.46. The van der Waals surface area contributed by atoms with E-state index in [-0.39, 0.29) is 36.4 Å². The summed E-state index contributed by atoms with van der Waals surface area (Å²) in [5, 5.41) is 6.23. The van der Waals surface area contributed by atoms with Crippen LogP contribution in [0.5, 0.6) is 0 Å². The van der Waals surface area contributed by atoms with Crippen molar-refractivity contribution < 1.29 is 19.1 Å². The summed E-state index contributed by atoms with van der Waals surface area (Å²) in [4.78, 5) is 24.8. The molecule has 8 nitrogen and oxygen atoms in total. The van der Waals surface area contributed by atoms with E-state index < -0.39 is 0 Å². The molecule has 1 aromatic rings. The summed E-state index contributed by atoms with van der Waals surface area (Å²) < 4.78 is 9.48. The number of esters is 1. The lowest BCUT2D eigenvalue weighted by molar-refractivity contribution is -0.140. The van der Waals surface area contributed by atoms with Crippen LogP contribution in [0.15, 0.2) is 6.07 Å². The Hall–Kier alpha value is -2.09. The van der Waals surface area contributed by atoms with Crippen molar-refractivity contribution in [2.45, 2.75) is 6.42 Å². The Morgan fingerprint density at radius 3 is 2.68 bits per heavy atom. The lowest BCUT2D eigenvalue weighted by atomic mass is 10.3. The van der Waals surface area contributed by atoms with Crippen molar-refractivity contribution in [2.75, 3.05) is 39.6 Å². The Balaban J connectivity index is 2.66. The van der Waals surface area contributed by atoms with Gasteiger partial charge in [0.15, 0.2) is 0 Å². The Labute approximate surface area is 110 Å². The predicted octanol–water partition coefficient (Wildman–Crippen LogP) is -0.356. The topological polar surface area (TPSA) is 111 Å². The van der Waals surface area contributed by atoms with Gasteiger partial charge in [0.05, 0.1) is 20.1 Å². The molecule has 0 saturated carbocycles. The number of carbonyl (C=O) groups is 2. The maximum atomic E-state index is 12.2. The molecular formula is C11H18N4O4. The van der Waals surface area contributed by atoms with E-state index >= 15 is 0 Å². The maximum Gasteiger partial charge on any atom is 0.307 e. The van der Waals surface area contributed by atoms with Crippen LogP contribution in [0.3, 0.4) is 0 Å². The molecule has 0 unspecified atom stereocenters. The first-order valence-corrected chi connectivity index (χ1v) is 5.74. The Bertz CT molecular complexity index is 432. The number of nitrogens with zero attached hydrogens (tertiary/aromatic N) is 2. The third-order valence-corrected chi connectivity index (χ3v) is 2.49. The number of hydrogen-bond acceptors (Lipinski definition) is 6. The smallest absolute Gasteiger partial charge is 0.307 e. The van der Waals surface area contributed by atoms with E-state index in [1.54, 1.807) is 0 Å². The minimum absolute atomic E-state index is 0.121. The van der Waals surface area contributed by atoms with Crippen LogP contribution in [-0.4, -0.2) is 60.9 Å². The van der Waals surface area contributed by atoms with Crippen LogP contribution in [0, 0.1) is 0 Å². The molecule has 0 spiro atoms. The van der Waals surface area contributed by atoms with Crippen LogP contribution >= 0.6 is 0 Å². The van der Waals surface area contributed by atoms with Gasteiger partial charge >= 0.3 is 5.97 Å². The molecule has 1 heterocycles. The number of anilines is 1. The zero-order chi connectivity index (χ0) is 14.3. The molecule has 1 amide bonds. The van der Waals surface area contributed by atoms with Gasteiger partial charge in [-0.2, -0.15) is 5.10 Å². The number of nitrogen functional groups attached to an aromatic ring is 1. The number of nitrogens with one attached hydrogen (secondary N) is 1. The highest BCUT2D eigenvalue weighted by Crippen LogP contribution is 2.06. The summed E-state index contributed by atoms with van der Waals surface area (Å²) in [5.41, 5.74) is 5.72. The number of aromatic amines is 1. The van der Waals surface area contributed by atoms with E-state index in [2.05, 4.69) is 14.9 Å². The second-order valence-electron chi connectivity index (χ2n) is 3.82. The van der Waals surface area contributed by atoms with Crippen molar-refractivity contribution in [3.63, 3.8) is 0 Å². The minimum atomic E-state index is -0.376. The van der Waals surface area contributed by atoms with Crippen molar-refractivity contribution in [1.29, 1.82) is 0 Å². The van der Waals surface area contributed by atoms with Crippen LogP contribution in [-0.2, 0) is 14.3 Å². The molecular weight excluding hydrogens is 252 g/mol. The molecule has 0 aliphatic heterocycles. The van der Waals surface area contributed by atoms with Gasteiger partial charge in [-0.15, -0.1) is 0 Å².